The zero-order chi connectivity index (χ0) is 12.4. The highest BCUT2D eigenvalue weighted by molar-refractivity contribution is 7.99. The summed E-state index contributed by atoms with van der Waals surface area (Å²) >= 11 is 2.08. The molecule has 0 saturated carbocycles. The Morgan fingerprint density at radius 2 is 1.72 bits per heavy atom. The van der Waals surface area contributed by atoms with E-state index in [-0.39, 0.29) is 0 Å². The molecule has 4 heteroatoms. The molecule has 3 aliphatic heterocycles. The first-order valence-electron chi connectivity index (χ1n) is 7.40. The number of ketones is 1. The fourth-order valence-electron chi connectivity index (χ4n) is 3.71. The van der Waals surface area contributed by atoms with Crippen molar-refractivity contribution in [1.29, 1.82) is 0 Å². The fraction of sp³-hybridized carbons (Fsp3) is 0.929. The van der Waals surface area contributed by atoms with Gasteiger partial charge in [0.05, 0.1) is 0 Å². The number of hydrogen-bond acceptors (Lipinski definition) is 4. The number of carbonyl (C=O) groups is 1. The van der Waals surface area contributed by atoms with Gasteiger partial charge in [0.2, 0.25) is 0 Å². The van der Waals surface area contributed by atoms with Crippen LogP contribution >= 0.6 is 11.8 Å². The van der Waals surface area contributed by atoms with Gasteiger partial charge in [-0.25, -0.2) is 0 Å². The summed E-state index contributed by atoms with van der Waals surface area (Å²) in [5.74, 6) is 3.10. The molecular formula is C14H24N2OS. The SMILES string of the molecule is O=C1CC2CCCC(C1)N2CCN1CCSCC1. The molecule has 0 aromatic rings. The van der Waals surface area contributed by atoms with Crippen molar-refractivity contribution in [2.45, 2.75) is 44.2 Å². The Morgan fingerprint density at radius 3 is 2.39 bits per heavy atom. The van der Waals surface area contributed by atoms with Gasteiger partial charge in [-0.2, -0.15) is 11.8 Å². The van der Waals surface area contributed by atoms with Crippen LogP contribution in [-0.2, 0) is 4.79 Å². The number of piperidine rings is 2. The fourth-order valence-corrected chi connectivity index (χ4v) is 4.69. The summed E-state index contributed by atoms with van der Waals surface area (Å²) in [4.78, 5) is 16.9. The lowest BCUT2D eigenvalue weighted by Crippen LogP contribution is -2.54. The maximum absolute atomic E-state index is 11.7. The highest BCUT2D eigenvalue weighted by Gasteiger charge is 2.37. The average Bonchev–Trinajstić information content (AvgIpc) is 2.37. The van der Waals surface area contributed by atoms with Crippen LogP contribution in [0.2, 0.25) is 0 Å². The van der Waals surface area contributed by atoms with Gasteiger partial charge in [0, 0.05) is 62.6 Å². The molecule has 3 saturated heterocycles. The molecular weight excluding hydrogens is 244 g/mol. The van der Waals surface area contributed by atoms with E-state index in [0.717, 1.165) is 12.8 Å². The minimum absolute atomic E-state index is 0.510. The molecule has 18 heavy (non-hydrogen) atoms. The van der Waals surface area contributed by atoms with E-state index in [2.05, 4.69) is 21.6 Å². The molecule has 0 N–H and O–H groups in total. The Kier molecular flexibility index (Phi) is 4.27. The summed E-state index contributed by atoms with van der Waals surface area (Å²) < 4.78 is 0. The molecule has 102 valence electrons. The Bertz CT molecular complexity index is 288. The number of nitrogens with zero attached hydrogens (tertiary/aromatic N) is 2. The second-order valence-corrected chi connectivity index (χ2v) is 7.10. The van der Waals surface area contributed by atoms with Crippen LogP contribution in [0.25, 0.3) is 0 Å². The summed E-state index contributed by atoms with van der Waals surface area (Å²) in [6.07, 6.45) is 5.48. The molecule has 2 bridgehead atoms. The molecule has 0 radical (unpaired) electrons. The summed E-state index contributed by atoms with van der Waals surface area (Å²) in [6, 6.07) is 1.15. The number of fused-ring (bicyclic) bond motifs is 2. The van der Waals surface area contributed by atoms with Crippen LogP contribution in [0.3, 0.4) is 0 Å². The first-order chi connectivity index (χ1) is 8.83. The van der Waals surface area contributed by atoms with Crippen molar-refractivity contribution in [3.63, 3.8) is 0 Å². The van der Waals surface area contributed by atoms with Crippen LogP contribution in [0.15, 0.2) is 0 Å². The minimum Gasteiger partial charge on any atom is -0.300 e. The third-order valence-electron chi connectivity index (χ3n) is 4.72. The second-order valence-electron chi connectivity index (χ2n) is 5.88. The van der Waals surface area contributed by atoms with Crippen molar-refractivity contribution >= 4 is 17.5 Å². The summed E-state index contributed by atoms with van der Waals surface area (Å²) in [5, 5.41) is 0. The third kappa shape index (κ3) is 2.91. The van der Waals surface area contributed by atoms with Gasteiger partial charge in [0.15, 0.2) is 0 Å². The van der Waals surface area contributed by atoms with Crippen LogP contribution in [0, 0.1) is 0 Å². The van der Waals surface area contributed by atoms with Crippen molar-refractivity contribution in [2.24, 2.45) is 0 Å². The maximum atomic E-state index is 11.7. The number of rotatable bonds is 3. The van der Waals surface area contributed by atoms with Crippen molar-refractivity contribution in [1.82, 2.24) is 9.80 Å². The molecule has 0 amide bonds. The second kappa shape index (κ2) is 5.93. The van der Waals surface area contributed by atoms with Gasteiger partial charge in [-0.1, -0.05) is 6.42 Å². The van der Waals surface area contributed by atoms with E-state index in [1.807, 2.05) is 0 Å². The zero-order valence-corrected chi connectivity index (χ0v) is 12.0. The van der Waals surface area contributed by atoms with Gasteiger partial charge in [-0.05, 0) is 12.8 Å². The topological polar surface area (TPSA) is 23.6 Å². The van der Waals surface area contributed by atoms with Crippen LogP contribution < -0.4 is 0 Å². The van der Waals surface area contributed by atoms with Gasteiger partial charge in [-0.3, -0.25) is 9.69 Å². The predicted octanol–water partition coefficient (Wildman–Crippen LogP) is 1.62. The molecule has 3 nitrogen and oxygen atoms in total. The highest BCUT2D eigenvalue weighted by atomic mass is 32.2. The Morgan fingerprint density at radius 1 is 1.06 bits per heavy atom. The smallest absolute Gasteiger partial charge is 0.136 e. The summed E-state index contributed by atoms with van der Waals surface area (Å²) in [6.45, 7) is 4.91. The molecule has 0 spiro atoms. The lowest BCUT2D eigenvalue weighted by Gasteiger charge is -2.46. The largest absolute Gasteiger partial charge is 0.300 e. The molecule has 3 aliphatic rings. The van der Waals surface area contributed by atoms with Crippen molar-refractivity contribution in [2.75, 3.05) is 37.7 Å². The van der Waals surface area contributed by atoms with E-state index in [4.69, 9.17) is 0 Å². The van der Waals surface area contributed by atoms with Gasteiger partial charge < -0.3 is 4.90 Å². The predicted molar refractivity (Wildman–Crippen MR) is 76.1 cm³/mol. The molecule has 3 heterocycles. The van der Waals surface area contributed by atoms with Crippen LogP contribution in [-0.4, -0.2) is 65.4 Å². The van der Waals surface area contributed by atoms with E-state index in [0.29, 0.717) is 17.9 Å². The zero-order valence-electron chi connectivity index (χ0n) is 11.1. The Labute approximate surface area is 114 Å². The molecule has 3 rings (SSSR count). The molecule has 0 aromatic heterocycles. The molecule has 2 atom stereocenters. The minimum atomic E-state index is 0.510. The van der Waals surface area contributed by atoms with E-state index >= 15 is 0 Å². The van der Waals surface area contributed by atoms with E-state index in [1.165, 1.54) is 56.9 Å². The van der Waals surface area contributed by atoms with Gasteiger partial charge in [0.1, 0.15) is 5.78 Å². The lowest BCUT2D eigenvalue weighted by molar-refractivity contribution is -0.127. The van der Waals surface area contributed by atoms with E-state index < -0.39 is 0 Å². The average molecular weight is 268 g/mol. The molecule has 0 aromatic carbocycles. The molecule has 2 unspecified atom stereocenters. The lowest BCUT2D eigenvalue weighted by atomic mass is 9.84. The van der Waals surface area contributed by atoms with Gasteiger partial charge in [-0.15, -0.1) is 0 Å². The monoisotopic (exact) mass is 268 g/mol. The van der Waals surface area contributed by atoms with Gasteiger partial charge in [0.25, 0.3) is 0 Å². The summed E-state index contributed by atoms with van der Waals surface area (Å²) in [5.41, 5.74) is 0. The Hall–Kier alpha value is -0.0600. The van der Waals surface area contributed by atoms with E-state index in [1.54, 1.807) is 0 Å². The standard InChI is InChI=1S/C14H24N2OS/c17-14-10-12-2-1-3-13(11-14)16(12)5-4-15-6-8-18-9-7-15/h12-13H,1-11H2. The first kappa shape index (κ1) is 12.9. The maximum Gasteiger partial charge on any atom is 0.136 e. The van der Waals surface area contributed by atoms with Crippen LogP contribution in [0.4, 0.5) is 0 Å². The number of carbonyl (C=O) groups excluding carboxylic acids is 1. The van der Waals surface area contributed by atoms with Crippen molar-refractivity contribution in [3.8, 4) is 0 Å². The van der Waals surface area contributed by atoms with Crippen molar-refractivity contribution in [3.05, 3.63) is 0 Å². The normalized spacial score (nSPS) is 34.8. The highest BCUT2D eigenvalue weighted by Crippen LogP contribution is 2.31. The number of hydrogen-bond donors (Lipinski definition) is 0. The summed E-state index contributed by atoms with van der Waals surface area (Å²) in [7, 11) is 0. The first-order valence-corrected chi connectivity index (χ1v) is 8.56. The number of thioether (sulfide) groups is 1. The Balaban J connectivity index is 1.53. The molecule has 3 fully saturated rings. The third-order valence-corrected chi connectivity index (χ3v) is 5.66. The van der Waals surface area contributed by atoms with E-state index in [9.17, 15) is 4.79 Å². The van der Waals surface area contributed by atoms with Crippen molar-refractivity contribution < 1.29 is 4.79 Å². The quantitative estimate of drug-likeness (QED) is 0.776. The number of Topliss-reactive ketones (excluding diaryl/α,β-unsaturated/α-hetero) is 1. The van der Waals surface area contributed by atoms with Crippen LogP contribution in [0.1, 0.15) is 32.1 Å². The van der Waals surface area contributed by atoms with Gasteiger partial charge >= 0.3 is 0 Å². The van der Waals surface area contributed by atoms with Crippen LogP contribution in [0.5, 0.6) is 0 Å². The molecule has 0 aliphatic carbocycles.